The first kappa shape index (κ1) is 14.9. The van der Waals surface area contributed by atoms with Crippen LogP contribution in [0.4, 0.5) is 4.39 Å². The second kappa shape index (κ2) is 7.33. The fraction of sp³-hybridized carbons (Fsp3) is 0.500. The Hall–Kier alpha value is -1.50. The number of hydrogen-bond donors (Lipinski definition) is 2. The predicted octanol–water partition coefficient (Wildman–Crippen LogP) is 0.135. The minimum Gasteiger partial charge on any atom is -0.394 e. The molecule has 1 aliphatic heterocycles. The molecule has 0 aromatic heterocycles. The van der Waals surface area contributed by atoms with E-state index in [4.69, 9.17) is 9.84 Å². The van der Waals surface area contributed by atoms with Crippen LogP contribution in [-0.2, 0) is 16.1 Å². The number of halogens is 1. The van der Waals surface area contributed by atoms with E-state index in [-0.39, 0.29) is 37.5 Å². The lowest BCUT2D eigenvalue weighted by atomic mass is 10.2. The fourth-order valence-electron chi connectivity index (χ4n) is 2.13. The summed E-state index contributed by atoms with van der Waals surface area (Å²) in [6.07, 6.45) is -0.233. The normalized spacial score (nSPS) is 19.8. The molecule has 6 heteroatoms. The van der Waals surface area contributed by atoms with Crippen LogP contribution in [0, 0.1) is 5.82 Å². The van der Waals surface area contributed by atoms with E-state index in [1.54, 1.807) is 18.2 Å². The fourth-order valence-corrected chi connectivity index (χ4v) is 2.13. The molecule has 0 aliphatic carbocycles. The van der Waals surface area contributed by atoms with Crippen LogP contribution in [0.15, 0.2) is 24.3 Å². The molecule has 0 bridgehead atoms. The van der Waals surface area contributed by atoms with Crippen molar-refractivity contribution in [2.75, 3.05) is 32.8 Å². The molecule has 1 aliphatic rings. The minimum absolute atomic E-state index is 0.0483. The minimum atomic E-state index is -0.320. The van der Waals surface area contributed by atoms with E-state index < -0.39 is 0 Å². The molecule has 0 saturated carbocycles. The Morgan fingerprint density at radius 3 is 3.05 bits per heavy atom. The molecule has 1 fully saturated rings. The van der Waals surface area contributed by atoms with E-state index in [1.807, 2.05) is 4.90 Å². The molecule has 2 N–H and O–H groups in total. The van der Waals surface area contributed by atoms with Gasteiger partial charge in [-0.3, -0.25) is 9.69 Å². The number of amides is 1. The molecule has 2 rings (SSSR count). The van der Waals surface area contributed by atoms with E-state index in [9.17, 15) is 9.18 Å². The Kier molecular flexibility index (Phi) is 5.46. The van der Waals surface area contributed by atoms with Crippen LogP contribution in [0.2, 0.25) is 0 Å². The number of carbonyl (C=O) groups excluding carboxylic acids is 1. The number of aliphatic hydroxyl groups is 1. The van der Waals surface area contributed by atoms with Gasteiger partial charge in [0.1, 0.15) is 5.82 Å². The van der Waals surface area contributed by atoms with Crippen molar-refractivity contribution in [1.29, 1.82) is 0 Å². The summed E-state index contributed by atoms with van der Waals surface area (Å²) in [4.78, 5) is 13.7. The van der Waals surface area contributed by atoms with Crippen molar-refractivity contribution in [3.8, 4) is 0 Å². The van der Waals surface area contributed by atoms with Crippen molar-refractivity contribution in [1.82, 2.24) is 10.2 Å². The summed E-state index contributed by atoms with van der Waals surface area (Å²) in [6.45, 7) is 2.06. The van der Waals surface area contributed by atoms with Gasteiger partial charge in [-0.2, -0.15) is 0 Å². The Labute approximate surface area is 117 Å². The Bertz CT molecular complexity index is 456. The monoisotopic (exact) mass is 282 g/mol. The number of carbonyl (C=O) groups is 1. The molecule has 1 heterocycles. The third-order valence-electron chi connectivity index (χ3n) is 3.23. The summed E-state index contributed by atoms with van der Waals surface area (Å²) < 4.78 is 18.7. The predicted molar refractivity (Wildman–Crippen MR) is 71.5 cm³/mol. The Balaban J connectivity index is 1.77. The standard InChI is InChI=1S/C14H19FN2O3/c15-13-4-2-1-3-11(13)7-16-14(19)9-17-5-6-20-12(8-17)10-18/h1-4,12,18H,5-10H2,(H,16,19). The molecular weight excluding hydrogens is 263 g/mol. The highest BCUT2D eigenvalue weighted by Gasteiger charge is 2.21. The first-order chi connectivity index (χ1) is 9.69. The van der Waals surface area contributed by atoms with Crippen LogP contribution in [0.5, 0.6) is 0 Å². The van der Waals surface area contributed by atoms with Gasteiger partial charge in [-0.15, -0.1) is 0 Å². The molecule has 1 aromatic rings. The maximum Gasteiger partial charge on any atom is 0.234 e. The quantitative estimate of drug-likeness (QED) is 0.806. The van der Waals surface area contributed by atoms with Gasteiger partial charge in [0, 0.05) is 25.2 Å². The van der Waals surface area contributed by atoms with Gasteiger partial charge in [-0.1, -0.05) is 18.2 Å². The second-order valence-electron chi connectivity index (χ2n) is 4.78. The van der Waals surface area contributed by atoms with Crippen LogP contribution in [0.3, 0.4) is 0 Å². The number of nitrogens with zero attached hydrogens (tertiary/aromatic N) is 1. The van der Waals surface area contributed by atoms with E-state index >= 15 is 0 Å². The molecule has 1 unspecified atom stereocenters. The van der Waals surface area contributed by atoms with E-state index in [0.717, 1.165) is 0 Å². The molecule has 1 amide bonds. The number of nitrogens with one attached hydrogen (secondary N) is 1. The molecule has 5 nitrogen and oxygen atoms in total. The highest BCUT2D eigenvalue weighted by atomic mass is 19.1. The van der Waals surface area contributed by atoms with Crippen molar-refractivity contribution < 1.29 is 19.0 Å². The largest absolute Gasteiger partial charge is 0.394 e. The molecule has 1 atom stereocenters. The van der Waals surface area contributed by atoms with Crippen molar-refractivity contribution in [3.05, 3.63) is 35.6 Å². The molecular formula is C14H19FN2O3. The summed E-state index contributed by atoms with van der Waals surface area (Å²) >= 11 is 0. The average molecular weight is 282 g/mol. The third-order valence-corrected chi connectivity index (χ3v) is 3.23. The van der Waals surface area contributed by atoms with E-state index in [2.05, 4.69) is 5.32 Å². The zero-order chi connectivity index (χ0) is 14.4. The summed E-state index contributed by atoms with van der Waals surface area (Å²) in [5.41, 5.74) is 0.469. The van der Waals surface area contributed by atoms with E-state index in [0.29, 0.717) is 25.3 Å². The smallest absolute Gasteiger partial charge is 0.234 e. The number of hydrogen-bond acceptors (Lipinski definition) is 4. The lowest BCUT2D eigenvalue weighted by Crippen LogP contribution is -2.47. The maximum absolute atomic E-state index is 13.4. The molecule has 110 valence electrons. The zero-order valence-electron chi connectivity index (χ0n) is 11.2. The summed E-state index contributed by atoms with van der Waals surface area (Å²) in [5, 5.41) is 11.7. The van der Waals surface area contributed by atoms with Crippen LogP contribution < -0.4 is 5.32 Å². The molecule has 1 aromatic carbocycles. The second-order valence-corrected chi connectivity index (χ2v) is 4.78. The van der Waals surface area contributed by atoms with Crippen LogP contribution in [0.25, 0.3) is 0 Å². The lowest BCUT2D eigenvalue weighted by molar-refractivity contribution is -0.125. The van der Waals surface area contributed by atoms with Crippen molar-refractivity contribution in [2.45, 2.75) is 12.6 Å². The van der Waals surface area contributed by atoms with Crippen LogP contribution >= 0.6 is 0 Å². The lowest BCUT2D eigenvalue weighted by Gasteiger charge is -2.31. The van der Waals surface area contributed by atoms with Gasteiger partial charge >= 0.3 is 0 Å². The van der Waals surface area contributed by atoms with Crippen molar-refractivity contribution in [2.24, 2.45) is 0 Å². The van der Waals surface area contributed by atoms with Gasteiger partial charge in [0.15, 0.2) is 0 Å². The average Bonchev–Trinajstić information content (AvgIpc) is 2.46. The van der Waals surface area contributed by atoms with Gasteiger partial charge in [-0.25, -0.2) is 4.39 Å². The molecule has 0 radical (unpaired) electrons. The topological polar surface area (TPSA) is 61.8 Å². The number of aliphatic hydroxyl groups excluding tert-OH is 1. The number of rotatable bonds is 5. The maximum atomic E-state index is 13.4. The Morgan fingerprint density at radius 2 is 2.30 bits per heavy atom. The Morgan fingerprint density at radius 1 is 1.50 bits per heavy atom. The molecule has 1 saturated heterocycles. The number of ether oxygens (including phenoxy) is 1. The number of morpholine rings is 1. The highest BCUT2D eigenvalue weighted by Crippen LogP contribution is 2.06. The van der Waals surface area contributed by atoms with Crippen LogP contribution in [0.1, 0.15) is 5.56 Å². The summed E-state index contributed by atoms with van der Waals surface area (Å²) in [5.74, 6) is -0.480. The first-order valence-electron chi connectivity index (χ1n) is 6.64. The SMILES string of the molecule is O=C(CN1CCOC(CO)C1)NCc1ccccc1F. The molecule has 0 spiro atoms. The third kappa shape index (κ3) is 4.26. The first-order valence-corrected chi connectivity index (χ1v) is 6.64. The zero-order valence-corrected chi connectivity index (χ0v) is 11.2. The van der Waals surface area contributed by atoms with Gasteiger partial charge in [-0.05, 0) is 6.07 Å². The number of benzene rings is 1. The summed E-state index contributed by atoms with van der Waals surface area (Å²) in [7, 11) is 0. The van der Waals surface area contributed by atoms with Gasteiger partial charge in [0.2, 0.25) is 5.91 Å². The van der Waals surface area contributed by atoms with Crippen molar-refractivity contribution in [3.63, 3.8) is 0 Å². The highest BCUT2D eigenvalue weighted by molar-refractivity contribution is 5.78. The van der Waals surface area contributed by atoms with Crippen LogP contribution in [-0.4, -0.2) is 54.9 Å². The van der Waals surface area contributed by atoms with Crippen molar-refractivity contribution >= 4 is 5.91 Å². The van der Waals surface area contributed by atoms with E-state index in [1.165, 1.54) is 6.07 Å². The molecule has 20 heavy (non-hydrogen) atoms. The van der Waals surface area contributed by atoms with Gasteiger partial charge in [0.05, 0.1) is 25.9 Å². The van der Waals surface area contributed by atoms with Gasteiger partial charge < -0.3 is 15.2 Å². The van der Waals surface area contributed by atoms with Gasteiger partial charge in [0.25, 0.3) is 0 Å². The summed E-state index contributed by atoms with van der Waals surface area (Å²) in [6, 6.07) is 6.36.